The Hall–Kier alpha value is -1.55. The number of aliphatic imine (C=N–C) groups is 1. The predicted octanol–water partition coefficient (Wildman–Crippen LogP) is 1.18. The van der Waals surface area contributed by atoms with E-state index in [0.29, 0.717) is 0 Å². The normalized spacial score (nSPS) is 15.1. The van der Waals surface area contributed by atoms with Gasteiger partial charge in [0.1, 0.15) is 5.75 Å². The summed E-state index contributed by atoms with van der Waals surface area (Å²) in [7, 11) is 3.48. The molecule has 1 fully saturated rings. The van der Waals surface area contributed by atoms with Crippen molar-refractivity contribution in [3.63, 3.8) is 0 Å². The van der Waals surface area contributed by atoms with Gasteiger partial charge in [0.2, 0.25) is 5.91 Å². The summed E-state index contributed by atoms with van der Waals surface area (Å²) in [6, 6.07) is 8.06. The van der Waals surface area contributed by atoms with Crippen LogP contribution in [0.25, 0.3) is 0 Å². The first-order valence-electron chi connectivity index (χ1n) is 9.18. The number of amides is 1. The summed E-state index contributed by atoms with van der Waals surface area (Å²) in [5, 5.41) is 6.69. The number of rotatable bonds is 7. The second-order valence-corrected chi connectivity index (χ2v) is 6.34. The largest absolute Gasteiger partial charge is 0.496 e. The van der Waals surface area contributed by atoms with E-state index in [4.69, 9.17) is 4.74 Å². The van der Waals surface area contributed by atoms with Gasteiger partial charge in [-0.05, 0) is 18.1 Å². The zero-order valence-corrected chi connectivity index (χ0v) is 18.9. The zero-order valence-electron chi connectivity index (χ0n) is 16.5. The number of piperazine rings is 1. The van der Waals surface area contributed by atoms with Gasteiger partial charge in [-0.2, -0.15) is 0 Å². The first-order chi connectivity index (χ1) is 12.6. The highest BCUT2D eigenvalue weighted by molar-refractivity contribution is 14.0. The van der Waals surface area contributed by atoms with Crippen LogP contribution in [0, 0.1) is 0 Å². The molecule has 1 aromatic rings. The van der Waals surface area contributed by atoms with Crippen molar-refractivity contribution in [3.05, 3.63) is 29.8 Å². The van der Waals surface area contributed by atoms with Crippen LogP contribution in [0.4, 0.5) is 0 Å². The number of benzene rings is 1. The summed E-state index contributed by atoms with van der Waals surface area (Å²) in [4.78, 5) is 19.9. The van der Waals surface area contributed by atoms with Crippen molar-refractivity contribution in [1.82, 2.24) is 20.4 Å². The summed E-state index contributed by atoms with van der Waals surface area (Å²) < 4.78 is 5.38. The van der Waals surface area contributed by atoms with Gasteiger partial charge in [0.25, 0.3) is 0 Å². The summed E-state index contributed by atoms with van der Waals surface area (Å²) in [5.74, 6) is 1.90. The van der Waals surface area contributed by atoms with Gasteiger partial charge in [0.05, 0.1) is 7.11 Å². The Morgan fingerprint density at radius 2 is 1.81 bits per heavy atom. The van der Waals surface area contributed by atoms with Gasteiger partial charge in [-0.3, -0.25) is 14.7 Å². The summed E-state index contributed by atoms with van der Waals surface area (Å²) >= 11 is 0. The van der Waals surface area contributed by atoms with Gasteiger partial charge in [0, 0.05) is 59.8 Å². The molecule has 0 spiro atoms. The minimum absolute atomic E-state index is 0. The Bertz CT molecular complexity index is 604. The maximum Gasteiger partial charge on any atom is 0.219 e. The van der Waals surface area contributed by atoms with Gasteiger partial charge in [-0.1, -0.05) is 18.2 Å². The highest BCUT2D eigenvalue weighted by atomic mass is 127. The Balaban J connectivity index is 0.00000364. The fraction of sp³-hybridized carbons (Fsp3) is 0.579. The number of nitrogens with zero attached hydrogens (tertiary/aromatic N) is 3. The molecular weight excluding hydrogens is 457 g/mol. The van der Waals surface area contributed by atoms with E-state index in [-0.39, 0.29) is 29.9 Å². The molecule has 0 bridgehead atoms. The molecule has 0 aliphatic carbocycles. The van der Waals surface area contributed by atoms with Crippen LogP contribution in [0.1, 0.15) is 12.5 Å². The molecule has 2 rings (SSSR count). The number of nitrogens with one attached hydrogen (secondary N) is 2. The van der Waals surface area contributed by atoms with Gasteiger partial charge >= 0.3 is 0 Å². The lowest BCUT2D eigenvalue weighted by atomic mass is 10.1. The first kappa shape index (κ1) is 23.5. The molecule has 7 nitrogen and oxygen atoms in total. The Kier molecular flexibility index (Phi) is 11.1. The molecule has 8 heteroatoms. The molecule has 1 aromatic carbocycles. The van der Waals surface area contributed by atoms with Crippen molar-refractivity contribution in [2.75, 3.05) is 60.0 Å². The number of para-hydroxylation sites is 1. The van der Waals surface area contributed by atoms with Crippen LogP contribution in [0.2, 0.25) is 0 Å². The average molecular weight is 489 g/mol. The van der Waals surface area contributed by atoms with Gasteiger partial charge < -0.3 is 20.3 Å². The van der Waals surface area contributed by atoms with Crippen LogP contribution in [-0.2, 0) is 11.2 Å². The molecule has 1 amide bonds. The molecule has 0 aromatic heterocycles. The molecule has 0 radical (unpaired) electrons. The van der Waals surface area contributed by atoms with Crippen LogP contribution in [0.3, 0.4) is 0 Å². The summed E-state index contributed by atoms with van der Waals surface area (Å²) in [6.45, 7) is 7.70. The molecule has 27 heavy (non-hydrogen) atoms. The van der Waals surface area contributed by atoms with Crippen molar-refractivity contribution in [2.24, 2.45) is 4.99 Å². The molecule has 152 valence electrons. The maximum atomic E-state index is 11.4. The van der Waals surface area contributed by atoms with E-state index in [2.05, 4.69) is 26.6 Å². The Morgan fingerprint density at radius 3 is 2.44 bits per heavy atom. The number of carbonyl (C=O) groups is 1. The molecule has 1 heterocycles. The SMILES string of the molecule is CN=C(NCCc1ccccc1OC)NCCN1CCN(C(C)=O)CC1.I. The summed E-state index contributed by atoms with van der Waals surface area (Å²) in [6.07, 6.45) is 0.873. The topological polar surface area (TPSA) is 69.2 Å². The minimum Gasteiger partial charge on any atom is -0.496 e. The third-order valence-corrected chi connectivity index (χ3v) is 4.64. The Labute approximate surface area is 179 Å². The van der Waals surface area contributed by atoms with Gasteiger partial charge in [-0.15, -0.1) is 24.0 Å². The van der Waals surface area contributed by atoms with Crippen LogP contribution < -0.4 is 15.4 Å². The van der Waals surface area contributed by atoms with Crippen LogP contribution in [0.5, 0.6) is 5.75 Å². The van der Waals surface area contributed by atoms with E-state index in [1.54, 1.807) is 21.1 Å². The van der Waals surface area contributed by atoms with Crippen LogP contribution in [-0.4, -0.2) is 81.6 Å². The minimum atomic E-state index is 0. The number of hydrogen-bond acceptors (Lipinski definition) is 4. The molecular formula is C19H32IN5O2. The molecule has 2 N–H and O–H groups in total. The third-order valence-electron chi connectivity index (χ3n) is 4.64. The second-order valence-electron chi connectivity index (χ2n) is 6.34. The van der Waals surface area contributed by atoms with Crippen LogP contribution >= 0.6 is 24.0 Å². The lowest BCUT2D eigenvalue weighted by Crippen LogP contribution is -2.50. The van der Waals surface area contributed by atoms with E-state index in [0.717, 1.165) is 63.9 Å². The van der Waals surface area contributed by atoms with Gasteiger partial charge in [-0.25, -0.2) is 0 Å². The number of hydrogen-bond donors (Lipinski definition) is 2. The number of carbonyl (C=O) groups excluding carboxylic acids is 1. The standard InChI is InChI=1S/C19H31N5O2.HI/c1-16(25)24-14-12-23(13-15-24)11-10-22-19(20-2)21-9-8-17-6-4-5-7-18(17)26-3;/h4-7H,8-15H2,1-3H3,(H2,20,21,22);1H. The highest BCUT2D eigenvalue weighted by Crippen LogP contribution is 2.17. The number of halogens is 1. The molecule has 1 saturated heterocycles. The Morgan fingerprint density at radius 1 is 1.15 bits per heavy atom. The zero-order chi connectivity index (χ0) is 18.8. The van der Waals surface area contributed by atoms with E-state index in [1.165, 1.54) is 5.56 Å². The smallest absolute Gasteiger partial charge is 0.219 e. The van der Waals surface area contributed by atoms with Crippen LogP contribution in [0.15, 0.2) is 29.3 Å². The average Bonchev–Trinajstić information content (AvgIpc) is 2.67. The molecule has 0 unspecified atom stereocenters. The van der Waals surface area contributed by atoms with E-state index >= 15 is 0 Å². The highest BCUT2D eigenvalue weighted by Gasteiger charge is 2.17. The lowest BCUT2D eigenvalue weighted by molar-refractivity contribution is -0.130. The van der Waals surface area contributed by atoms with Gasteiger partial charge in [0.15, 0.2) is 5.96 Å². The number of guanidine groups is 1. The molecule has 0 saturated carbocycles. The quantitative estimate of drug-likeness (QED) is 0.342. The number of methoxy groups -OCH3 is 1. The van der Waals surface area contributed by atoms with Crippen molar-refractivity contribution < 1.29 is 9.53 Å². The monoisotopic (exact) mass is 489 g/mol. The predicted molar refractivity (Wildman–Crippen MR) is 120 cm³/mol. The summed E-state index contributed by atoms with van der Waals surface area (Å²) in [5.41, 5.74) is 1.18. The van der Waals surface area contributed by atoms with Crippen molar-refractivity contribution in [3.8, 4) is 5.75 Å². The second kappa shape index (κ2) is 12.8. The van der Waals surface area contributed by atoms with Crippen molar-refractivity contribution in [2.45, 2.75) is 13.3 Å². The van der Waals surface area contributed by atoms with E-state index in [9.17, 15) is 4.79 Å². The molecule has 1 aliphatic rings. The number of ether oxygens (including phenoxy) is 1. The van der Waals surface area contributed by atoms with Crippen molar-refractivity contribution in [1.29, 1.82) is 0 Å². The molecule has 0 atom stereocenters. The first-order valence-corrected chi connectivity index (χ1v) is 9.18. The fourth-order valence-corrected chi connectivity index (χ4v) is 3.06. The maximum absolute atomic E-state index is 11.4. The third kappa shape index (κ3) is 7.92. The molecule has 1 aliphatic heterocycles. The van der Waals surface area contributed by atoms with E-state index in [1.807, 2.05) is 23.1 Å². The van der Waals surface area contributed by atoms with E-state index < -0.39 is 0 Å². The fourth-order valence-electron chi connectivity index (χ4n) is 3.06. The lowest BCUT2D eigenvalue weighted by Gasteiger charge is -2.34. The van der Waals surface area contributed by atoms with Crippen molar-refractivity contribution >= 4 is 35.8 Å².